The van der Waals surface area contributed by atoms with Crippen LogP contribution in [0.15, 0.2) is 24.3 Å². The predicted octanol–water partition coefficient (Wildman–Crippen LogP) is 3.80. The van der Waals surface area contributed by atoms with E-state index < -0.39 is 0 Å². The normalized spacial score (nSPS) is 14.5. The molecule has 1 aliphatic rings. The van der Waals surface area contributed by atoms with Gasteiger partial charge in [-0.2, -0.15) is 0 Å². The molecule has 0 aliphatic heterocycles. The van der Waals surface area contributed by atoms with Crippen molar-refractivity contribution in [1.29, 1.82) is 0 Å². The largest absolute Gasteiger partial charge is 0.497 e. The summed E-state index contributed by atoms with van der Waals surface area (Å²) in [5, 5.41) is 6.22. The summed E-state index contributed by atoms with van der Waals surface area (Å²) < 4.78 is 10.5. The molecule has 0 saturated heterocycles. The van der Waals surface area contributed by atoms with Crippen molar-refractivity contribution in [2.75, 3.05) is 24.9 Å². The van der Waals surface area contributed by atoms with E-state index in [0.717, 1.165) is 18.5 Å². The summed E-state index contributed by atoms with van der Waals surface area (Å²) in [7, 11) is 3.13. The third-order valence-electron chi connectivity index (χ3n) is 4.68. The van der Waals surface area contributed by atoms with Crippen LogP contribution >= 0.6 is 0 Å². The highest BCUT2D eigenvalue weighted by Crippen LogP contribution is 2.29. The van der Waals surface area contributed by atoms with Gasteiger partial charge in [-0.05, 0) is 38.0 Å². The second kappa shape index (κ2) is 8.70. The van der Waals surface area contributed by atoms with Crippen molar-refractivity contribution >= 4 is 17.5 Å². The number of benzene rings is 1. The molecule has 0 radical (unpaired) electrons. The first-order valence-corrected chi connectivity index (χ1v) is 9.24. The van der Waals surface area contributed by atoms with Crippen molar-refractivity contribution in [3.8, 4) is 11.5 Å². The SMILES string of the molecule is COc1ccc(OC)c(NC(=O)c2cc(C)nc(NC3CCCCC3)n2)c1. The van der Waals surface area contributed by atoms with Crippen molar-refractivity contribution in [1.82, 2.24) is 9.97 Å². The van der Waals surface area contributed by atoms with E-state index in [1.807, 2.05) is 6.92 Å². The van der Waals surface area contributed by atoms with Crippen LogP contribution in [0.2, 0.25) is 0 Å². The fraction of sp³-hybridized carbons (Fsp3) is 0.450. The standard InChI is InChI=1S/C20H26N4O3/c1-13-11-17(24-20(21-13)22-14-7-5-4-6-8-14)19(25)23-16-12-15(26-2)9-10-18(16)27-3/h9-12,14H,4-8H2,1-3H3,(H,23,25)(H,21,22,24). The maximum atomic E-state index is 12.8. The Balaban J connectivity index is 1.78. The fourth-order valence-electron chi connectivity index (χ4n) is 3.28. The Kier molecular flexibility index (Phi) is 6.11. The molecule has 1 aromatic heterocycles. The number of ether oxygens (including phenoxy) is 2. The van der Waals surface area contributed by atoms with Gasteiger partial charge in [0.15, 0.2) is 0 Å². The minimum atomic E-state index is -0.321. The number of hydrogen-bond donors (Lipinski definition) is 2. The van der Waals surface area contributed by atoms with Crippen LogP contribution < -0.4 is 20.1 Å². The van der Waals surface area contributed by atoms with Gasteiger partial charge < -0.3 is 20.1 Å². The molecule has 1 heterocycles. The average Bonchev–Trinajstić information content (AvgIpc) is 2.68. The zero-order valence-electron chi connectivity index (χ0n) is 16.0. The predicted molar refractivity (Wildman–Crippen MR) is 105 cm³/mol. The van der Waals surface area contributed by atoms with Crippen molar-refractivity contribution in [3.05, 3.63) is 35.7 Å². The summed E-state index contributed by atoms with van der Waals surface area (Å²) in [4.78, 5) is 21.6. The van der Waals surface area contributed by atoms with Gasteiger partial charge in [0.05, 0.1) is 19.9 Å². The van der Waals surface area contributed by atoms with E-state index in [0.29, 0.717) is 34.9 Å². The van der Waals surface area contributed by atoms with Gasteiger partial charge in [-0.15, -0.1) is 0 Å². The van der Waals surface area contributed by atoms with Gasteiger partial charge in [0, 0.05) is 17.8 Å². The molecule has 1 saturated carbocycles. The van der Waals surface area contributed by atoms with Crippen LogP contribution in [0.1, 0.15) is 48.3 Å². The number of nitrogens with one attached hydrogen (secondary N) is 2. The molecule has 2 N–H and O–H groups in total. The average molecular weight is 370 g/mol. The van der Waals surface area contributed by atoms with Crippen LogP contribution in [0.4, 0.5) is 11.6 Å². The summed E-state index contributed by atoms with van der Waals surface area (Å²) in [6.07, 6.45) is 5.93. The maximum absolute atomic E-state index is 12.8. The molecule has 0 bridgehead atoms. The van der Waals surface area contributed by atoms with E-state index >= 15 is 0 Å². The van der Waals surface area contributed by atoms with E-state index in [1.54, 1.807) is 38.5 Å². The van der Waals surface area contributed by atoms with Gasteiger partial charge in [-0.3, -0.25) is 4.79 Å². The molecular weight excluding hydrogens is 344 g/mol. The van der Waals surface area contributed by atoms with Crippen LogP contribution in [-0.4, -0.2) is 36.1 Å². The summed E-state index contributed by atoms with van der Waals surface area (Å²) >= 11 is 0. The van der Waals surface area contributed by atoms with Gasteiger partial charge in [-0.1, -0.05) is 19.3 Å². The van der Waals surface area contributed by atoms with Gasteiger partial charge in [0.25, 0.3) is 5.91 Å². The Bertz CT molecular complexity index is 804. The molecule has 0 atom stereocenters. The van der Waals surface area contributed by atoms with Crippen molar-refractivity contribution in [3.63, 3.8) is 0 Å². The van der Waals surface area contributed by atoms with E-state index in [4.69, 9.17) is 9.47 Å². The molecule has 0 spiro atoms. The van der Waals surface area contributed by atoms with Gasteiger partial charge >= 0.3 is 0 Å². The highest BCUT2D eigenvalue weighted by Gasteiger charge is 2.17. The Morgan fingerprint density at radius 1 is 1.07 bits per heavy atom. The molecule has 27 heavy (non-hydrogen) atoms. The highest BCUT2D eigenvalue weighted by molar-refractivity contribution is 6.04. The monoisotopic (exact) mass is 370 g/mol. The summed E-state index contributed by atoms with van der Waals surface area (Å²) in [6.45, 7) is 1.86. The lowest BCUT2D eigenvalue weighted by molar-refractivity contribution is 0.102. The molecule has 1 amide bonds. The number of amides is 1. The quantitative estimate of drug-likeness (QED) is 0.804. The second-order valence-corrected chi connectivity index (χ2v) is 6.72. The lowest BCUT2D eigenvalue weighted by Gasteiger charge is -2.23. The lowest BCUT2D eigenvalue weighted by Crippen LogP contribution is -2.24. The number of aryl methyl sites for hydroxylation is 1. The third kappa shape index (κ3) is 4.87. The fourth-order valence-corrected chi connectivity index (χ4v) is 3.28. The van der Waals surface area contributed by atoms with Gasteiger partial charge in [-0.25, -0.2) is 9.97 Å². The van der Waals surface area contributed by atoms with E-state index in [1.165, 1.54) is 19.3 Å². The Hall–Kier alpha value is -2.83. The molecule has 3 rings (SSSR count). The first-order valence-electron chi connectivity index (χ1n) is 9.24. The topological polar surface area (TPSA) is 85.4 Å². The summed E-state index contributed by atoms with van der Waals surface area (Å²) in [5.41, 5.74) is 1.58. The zero-order valence-corrected chi connectivity index (χ0v) is 16.0. The number of rotatable bonds is 6. The Morgan fingerprint density at radius 3 is 2.56 bits per heavy atom. The number of methoxy groups -OCH3 is 2. The first-order chi connectivity index (χ1) is 13.1. The van der Waals surface area contributed by atoms with Crippen LogP contribution in [0, 0.1) is 6.92 Å². The number of nitrogens with zero attached hydrogens (tertiary/aromatic N) is 2. The van der Waals surface area contributed by atoms with E-state index in [9.17, 15) is 4.79 Å². The third-order valence-corrected chi connectivity index (χ3v) is 4.68. The number of hydrogen-bond acceptors (Lipinski definition) is 6. The lowest BCUT2D eigenvalue weighted by atomic mass is 9.96. The summed E-state index contributed by atoms with van der Waals surface area (Å²) in [5.74, 6) is 1.36. The molecule has 7 heteroatoms. The van der Waals surface area contributed by atoms with Crippen LogP contribution in [-0.2, 0) is 0 Å². The molecule has 144 valence electrons. The molecule has 1 fully saturated rings. The minimum Gasteiger partial charge on any atom is -0.497 e. The smallest absolute Gasteiger partial charge is 0.274 e. The minimum absolute atomic E-state index is 0.311. The van der Waals surface area contributed by atoms with Crippen LogP contribution in [0.5, 0.6) is 11.5 Å². The Morgan fingerprint density at radius 2 is 1.85 bits per heavy atom. The molecular formula is C20H26N4O3. The second-order valence-electron chi connectivity index (χ2n) is 6.72. The molecule has 0 unspecified atom stereocenters. The van der Waals surface area contributed by atoms with Crippen molar-refractivity contribution in [2.24, 2.45) is 0 Å². The van der Waals surface area contributed by atoms with E-state index in [-0.39, 0.29) is 5.91 Å². The molecule has 1 aromatic carbocycles. The summed E-state index contributed by atoms with van der Waals surface area (Å²) in [6, 6.07) is 7.28. The van der Waals surface area contributed by atoms with E-state index in [2.05, 4.69) is 20.6 Å². The number of carbonyl (C=O) groups is 1. The first kappa shape index (κ1) is 18.9. The van der Waals surface area contributed by atoms with Crippen LogP contribution in [0.25, 0.3) is 0 Å². The Labute approximate surface area is 159 Å². The number of anilines is 2. The van der Waals surface area contributed by atoms with Gasteiger partial charge in [0.1, 0.15) is 17.2 Å². The van der Waals surface area contributed by atoms with Gasteiger partial charge in [0.2, 0.25) is 5.95 Å². The molecule has 7 nitrogen and oxygen atoms in total. The zero-order chi connectivity index (χ0) is 19.2. The molecule has 2 aromatic rings. The van der Waals surface area contributed by atoms with Crippen molar-refractivity contribution in [2.45, 2.75) is 45.1 Å². The maximum Gasteiger partial charge on any atom is 0.274 e. The van der Waals surface area contributed by atoms with Crippen LogP contribution in [0.3, 0.4) is 0 Å². The van der Waals surface area contributed by atoms with Crippen molar-refractivity contribution < 1.29 is 14.3 Å². The number of carbonyl (C=O) groups excluding carboxylic acids is 1. The highest BCUT2D eigenvalue weighted by atomic mass is 16.5. The molecule has 1 aliphatic carbocycles. The number of aromatic nitrogens is 2.